The summed E-state index contributed by atoms with van der Waals surface area (Å²) in [4.78, 5) is 11.4. The van der Waals surface area contributed by atoms with E-state index in [9.17, 15) is 9.90 Å². The second-order valence-electron chi connectivity index (χ2n) is 4.52. The van der Waals surface area contributed by atoms with Gasteiger partial charge in [0.15, 0.2) is 0 Å². The molecule has 0 aliphatic heterocycles. The number of aliphatic hydroxyl groups is 1. The van der Waals surface area contributed by atoms with E-state index in [0.29, 0.717) is 13.0 Å². The molecule has 1 aliphatic carbocycles. The van der Waals surface area contributed by atoms with Gasteiger partial charge in [-0.25, -0.2) is 0 Å². The van der Waals surface area contributed by atoms with Crippen molar-refractivity contribution in [3.05, 3.63) is 0 Å². The van der Waals surface area contributed by atoms with Crippen molar-refractivity contribution in [1.29, 1.82) is 0 Å². The Bertz CT molecular complexity index is 194. The third-order valence-corrected chi connectivity index (χ3v) is 3.19. The van der Waals surface area contributed by atoms with Crippen LogP contribution in [0.15, 0.2) is 0 Å². The molecule has 3 nitrogen and oxygen atoms in total. The molecule has 88 valence electrons. The van der Waals surface area contributed by atoms with Crippen molar-refractivity contribution >= 4 is 5.91 Å². The Morgan fingerprint density at radius 2 is 2.13 bits per heavy atom. The fourth-order valence-electron chi connectivity index (χ4n) is 2.10. The minimum absolute atomic E-state index is 0.134. The number of nitrogens with one attached hydrogen (secondary N) is 1. The fourth-order valence-corrected chi connectivity index (χ4v) is 2.10. The van der Waals surface area contributed by atoms with Gasteiger partial charge in [0.25, 0.3) is 0 Å². The van der Waals surface area contributed by atoms with E-state index in [1.807, 2.05) is 0 Å². The predicted octanol–water partition coefficient (Wildman–Crippen LogP) is 1.84. The molecule has 1 rings (SSSR count). The lowest BCUT2D eigenvalue weighted by Gasteiger charge is -2.27. The maximum Gasteiger partial charge on any atom is 0.220 e. The summed E-state index contributed by atoms with van der Waals surface area (Å²) >= 11 is 0. The van der Waals surface area contributed by atoms with E-state index in [1.54, 1.807) is 0 Å². The Kier molecular flexibility index (Phi) is 5.69. The van der Waals surface area contributed by atoms with Crippen molar-refractivity contribution in [3.8, 4) is 0 Å². The van der Waals surface area contributed by atoms with Crippen LogP contribution < -0.4 is 5.32 Å². The number of rotatable bonds is 5. The summed E-state index contributed by atoms with van der Waals surface area (Å²) in [7, 11) is 0. The monoisotopic (exact) mass is 213 g/mol. The van der Waals surface area contributed by atoms with Gasteiger partial charge in [0, 0.05) is 18.9 Å². The number of aliphatic hydroxyl groups excluding tert-OH is 1. The first-order valence-electron chi connectivity index (χ1n) is 6.18. The standard InChI is InChI=1S/C12H23NO2/c1-2-3-8-12(15)13-9-10-6-4-5-7-11(10)14/h10-11,14H,2-9H2,1H3,(H,13,15). The van der Waals surface area contributed by atoms with Crippen molar-refractivity contribution in [1.82, 2.24) is 5.32 Å². The van der Waals surface area contributed by atoms with E-state index >= 15 is 0 Å². The number of unbranched alkanes of at least 4 members (excludes halogenated alkanes) is 1. The molecule has 2 N–H and O–H groups in total. The maximum atomic E-state index is 11.4. The van der Waals surface area contributed by atoms with E-state index in [4.69, 9.17) is 0 Å². The minimum Gasteiger partial charge on any atom is -0.393 e. The highest BCUT2D eigenvalue weighted by atomic mass is 16.3. The highest BCUT2D eigenvalue weighted by Crippen LogP contribution is 2.23. The summed E-state index contributed by atoms with van der Waals surface area (Å²) in [6.45, 7) is 2.74. The van der Waals surface area contributed by atoms with Gasteiger partial charge >= 0.3 is 0 Å². The lowest BCUT2D eigenvalue weighted by molar-refractivity contribution is -0.121. The van der Waals surface area contributed by atoms with Crippen LogP contribution in [0.1, 0.15) is 51.9 Å². The van der Waals surface area contributed by atoms with Crippen LogP contribution in [0.4, 0.5) is 0 Å². The number of carbonyl (C=O) groups excluding carboxylic acids is 1. The first-order valence-corrected chi connectivity index (χ1v) is 6.18. The molecule has 3 heteroatoms. The van der Waals surface area contributed by atoms with Gasteiger partial charge < -0.3 is 10.4 Å². The van der Waals surface area contributed by atoms with Crippen molar-refractivity contribution in [3.63, 3.8) is 0 Å². The van der Waals surface area contributed by atoms with Crippen LogP contribution in [0.5, 0.6) is 0 Å². The van der Waals surface area contributed by atoms with Crippen LogP contribution in [-0.4, -0.2) is 23.7 Å². The van der Waals surface area contributed by atoms with Crippen LogP contribution in [0, 0.1) is 5.92 Å². The maximum absolute atomic E-state index is 11.4. The smallest absolute Gasteiger partial charge is 0.220 e. The molecule has 0 radical (unpaired) electrons. The van der Waals surface area contributed by atoms with E-state index in [-0.39, 0.29) is 17.9 Å². The molecule has 1 amide bonds. The predicted molar refractivity (Wildman–Crippen MR) is 60.5 cm³/mol. The Balaban J connectivity index is 2.14. The largest absolute Gasteiger partial charge is 0.393 e. The number of hydrogen-bond donors (Lipinski definition) is 2. The lowest BCUT2D eigenvalue weighted by atomic mass is 9.86. The Morgan fingerprint density at radius 3 is 2.80 bits per heavy atom. The van der Waals surface area contributed by atoms with Crippen LogP contribution in [-0.2, 0) is 4.79 Å². The molecule has 2 unspecified atom stereocenters. The van der Waals surface area contributed by atoms with Gasteiger partial charge in [-0.3, -0.25) is 4.79 Å². The Morgan fingerprint density at radius 1 is 1.40 bits per heavy atom. The van der Waals surface area contributed by atoms with Crippen molar-refractivity contribution in [2.45, 2.75) is 58.0 Å². The lowest BCUT2D eigenvalue weighted by Crippen LogP contribution is -2.36. The summed E-state index contributed by atoms with van der Waals surface area (Å²) in [6.07, 6.45) is 6.70. The van der Waals surface area contributed by atoms with Crippen molar-refractivity contribution in [2.75, 3.05) is 6.54 Å². The zero-order valence-electron chi connectivity index (χ0n) is 9.67. The summed E-state index contributed by atoms with van der Waals surface area (Å²) in [5, 5.41) is 12.6. The molecule has 2 atom stereocenters. The number of carbonyl (C=O) groups is 1. The molecule has 0 spiro atoms. The number of hydrogen-bond acceptors (Lipinski definition) is 2. The molecule has 0 aromatic rings. The summed E-state index contributed by atoms with van der Waals surface area (Å²) in [5.74, 6) is 0.416. The first kappa shape index (κ1) is 12.5. The van der Waals surface area contributed by atoms with Gasteiger partial charge in [-0.2, -0.15) is 0 Å². The zero-order valence-corrected chi connectivity index (χ0v) is 9.67. The molecule has 0 aromatic carbocycles. The molecule has 0 heterocycles. The van der Waals surface area contributed by atoms with E-state index in [0.717, 1.165) is 32.1 Å². The average Bonchev–Trinajstić information content (AvgIpc) is 2.25. The van der Waals surface area contributed by atoms with E-state index < -0.39 is 0 Å². The second-order valence-corrected chi connectivity index (χ2v) is 4.52. The SMILES string of the molecule is CCCCC(=O)NCC1CCCCC1O. The van der Waals surface area contributed by atoms with Crippen molar-refractivity contribution in [2.24, 2.45) is 5.92 Å². The molecule has 1 aliphatic rings. The topological polar surface area (TPSA) is 49.3 Å². The van der Waals surface area contributed by atoms with Gasteiger partial charge in [0.1, 0.15) is 0 Å². The van der Waals surface area contributed by atoms with Gasteiger partial charge in [0.05, 0.1) is 6.10 Å². The van der Waals surface area contributed by atoms with Gasteiger partial charge in [-0.1, -0.05) is 26.2 Å². The molecule has 0 aromatic heterocycles. The van der Waals surface area contributed by atoms with Crippen LogP contribution >= 0.6 is 0 Å². The van der Waals surface area contributed by atoms with Crippen LogP contribution in [0.3, 0.4) is 0 Å². The summed E-state index contributed by atoms with van der Waals surface area (Å²) in [6, 6.07) is 0. The second kappa shape index (κ2) is 6.83. The van der Waals surface area contributed by atoms with E-state index in [1.165, 1.54) is 6.42 Å². The van der Waals surface area contributed by atoms with Gasteiger partial charge in [-0.05, 0) is 19.3 Å². The third kappa shape index (κ3) is 4.65. The summed E-state index contributed by atoms with van der Waals surface area (Å²) in [5.41, 5.74) is 0. The minimum atomic E-state index is -0.203. The Labute approximate surface area is 92.3 Å². The molecular formula is C12H23NO2. The number of amides is 1. The average molecular weight is 213 g/mol. The summed E-state index contributed by atoms with van der Waals surface area (Å²) < 4.78 is 0. The zero-order chi connectivity index (χ0) is 11.1. The molecule has 0 saturated heterocycles. The highest BCUT2D eigenvalue weighted by molar-refractivity contribution is 5.75. The van der Waals surface area contributed by atoms with Crippen molar-refractivity contribution < 1.29 is 9.90 Å². The normalized spacial score (nSPS) is 26.3. The molecule has 0 bridgehead atoms. The van der Waals surface area contributed by atoms with Crippen LogP contribution in [0.2, 0.25) is 0 Å². The molecule has 15 heavy (non-hydrogen) atoms. The van der Waals surface area contributed by atoms with E-state index in [2.05, 4.69) is 12.2 Å². The fraction of sp³-hybridized carbons (Fsp3) is 0.917. The highest BCUT2D eigenvalue weighted by Gasteiger charge is 2.22. The first-order chi connectivity index (χ1) is 7.24. The third-order valence-electron chi connectivity index (χ3n) is 3.19. The van der Waals surface area contributed by atoms with Crippen LogP contribution in [0.25, 0.3) is 0 Å². The Hall–Kier alpha value is -0.570. The quantitative estimate of drug-likeness (QED) is 0.732. The van der Waals surface area contributed by atoms with Gasteiger partial charge in [0.2, 0.25) is 5.91 Å². The van der Waals surface area contributed by atoms with Gasteiger partial charge in [-0.15, -0.1) is 0 Å². The molecule has 1 fully saturated rings. The molecule has 1 saturated carbocycles. The molecular weight excluding hydrogens is 190 g/mol.